The monoisotopic (exact) mass is 737 g/mol. The second-order valence-corrected chi connectivity index (χ2v) is 14.7. The van der Waals surface area contributed by atoms with Crippen LogP contribution in [-0.2, 0) is 49.6 Å². The van der Waals surface area contributed by atoms with Crippen molar-refractivity contribution in [1.82, 2.24) is 24.1 Å². The Kier molecular flexibility index (Phi) is 10.6. The second-order valence-electron chi connectivity index (χ2n) is 11.9. The number of hydrogen-bond acceptors (Lipinski definition) is 8. The minimum atomic E-state index is -0.480. The smallest absolute Gasteiger partial charge is 0.354 e. The van der Waals surface area contributed by atoms with Crippen molar-refractivity contribution in [2.75, 3.05) is 13.7 Å². The number of aromatic hydroxyl groups is 1. The number of benzene rings is 3. The number of halogens is 2. The van der Waals surface area contributed by atoms with Crippen molar-refractivity contribution in [3.63, 3.8) is 0 Å². The van der Waals surface area contributed by atoms with Crippen LogP contribution in [0.4, 0.5) is 0 Å². The molecule has 0 spiro atoms. The van der Waals surface area contributed by atoms with Gasteiger partial charge in [-0.25, -0.2) is 4.79 Å². The van der Waals surface area contributed by atoms with Gasteiger partial charge in [-0.3, -0.25) is 9.36 Å². The fourth-order valence-corrected chi connectivity index (χ4v) is 8.89. The van der Waals surface area contributed by atoms with Gasteiger partial charge >= 0.3 is 5.97 Å². The van der Waals surface area contributed by atoms with E-state index in [0.717, 1.165) is 66.0 Å². The van der Waals surface area contributed by atoms with Gasteiger partial charge in [0.05, 0.1) is 34.1 Å². The summed E-state index contributed by atoms with van der Waals surface area (Å²) in [5.41, 5.74) is 7.30. The van der Waals surface area contributed by atoms with E-state index >= 15 is 0 Å². The van der Waals surface area contributed by atoms with Crippen LogP contribution in [0.5, 0.6) is 5.75 Å². The van der Waals surface area contributed by atoms with Crippen LogP contribution in [0.3, 0.4) is 0 Å². The fraction of sp³-hybridized carbons (Fsp3) is 0.306. The van der Waals surface area contributed by atoms with Gasteiger partial charge in [-0.05, 0) is 55.0 Å². The third kappa shape index (κ3) is 6.79. The summed E-state index contributed by atoms with van der Waals surface area (Å²) in [6.45, 7) is 1.98. The number of thioether (sulfide) groups is 2. The van der Waals surface area contributed by atoms with Crippen LogP contribution in [0.15, 0.2) is 53.4 Å². The lowest BCUT2D eigenvalue weighted by atomic mass is 9.98. The fourth-order valence-electron chi connectivity index (χ4n) is 6.39. The number of phenolic OH excluding ortho intramolecular Hbond substituents is 1. The average Bonchev–Trinajstić information content (AvgIpc) is 3.68. The van der Waals surface area contributed by atoms with E-state index in [4.69, 9.17) is 38.1 Å². The van der Waals surface area contributed by atoms with Crippen LogP contribution in [0.1, 0.15) is 45.2 Å². The third-order valence-corrected chi connectivity index (χ3v) is 11.4. The number of rotatable bonds is 12. The lowest BCUT2D eigenvalue weighted by Crippen LogP contribution is -2.10. The second kappa shape index (κ2) is 14.7. The molecule has 9 nitrogen and oxygen atoms in total. The number of aliphatic hydroxyl groups excluding tert-OH is 1. The molecule has 0 saturated carbocycles. The lowest BCUT2D eigenvalue weighted by molar-refractivity contribution is 0.0589. The zero-order chi connectivity index (χ0) is 35.0. The average molecular weight is 739 g/mol. The normalized spacial score (nSPS) is 11.7. The Morgan fingerprint density at radius 3 is 2.49 bits per heavy atom. The summed E-state index contributed by atoms with van der Waals surface area (Å²) in [6.07, 6.45) is 0.912. The van der Waals surface area contributed by atoms with E-state index in [9.17, 15) is 15.0 Å². The predicted molar refractivity (Wildman–Crippen MR) is 200 cm³/mol. The predicted octanol–water partition coefficient (Wildman–Crippen LogP) is 8.22. The Bertz CT molecular complexity index is 2210. The summed E-state index contributed by atoms with van der Waals surface area (Å²) < 4.78 is 10.7. The summed E-state index contributed by atoms with van der Waals surface area (Å²) >= 11 is 17.2. The number of aryl methyl sites for hydroxylation is 4. The number of aromatic nitrogens is 5. The lowest BCUT2D eigenvalue weighted by Gasteiger charge is -2.13. The number of esters is 1. The maximum atomic E-state index is 13.0. The molecule has 0 atom stereocenters. The number of hydrogen-bond donors (Lipinski definition) is 2. The summed E-state index contributed by atoms with van der Waals surface area (Å²) in [4.78, 5) is 14.0. The van der Waals surface area contributed by atoms with Gasteiger partial charge in [0, 0.05) is 83.2 Å². The number of ether oxygens (including phenoxy) is 1. The molecule has 0 amide bonds. The van der Waals surface area contributed by atoms with E-state index in [2.05, 4.69) is 12.1 Å². The van der Waals surface area contributed by atoms with Gasteiger partial charge in [0.25, 0.3) is 0 Å². The van der Waals surface area contributed by atoms with Crippen molar-refractivity contribution < 1.29 is 19.7 Å². The molecule has 6 rings (SSSR count). The number of carbonyl (C=O) groups excluding carboxylic acids is 1. The number of phenols is 1. The first-order valence-electron chi connectivity index (χ1n) is 15.7. The zero-order valence-corrected chi connectivity index (χ0v) is 31.0. The molecule has 0 aliphatic carbocycles. The van der Waals surface area contributed by atoms with Crippen LogP contribution in [0, 0.1) is 6.92 Å². The van der Waals surface area contributed by atoms with Crippen LogP contribution < -0.4 is 0 Å². The van der Waals surface area contributed by atoms with E-state index in [1.54, 1.807) is 34.2 Å². The van der Waals surface area contributed by atoms with Crippen LogP contribution in [-0.4, -0.2) is 54.0 Å². The molecule has 0 aliphatic heterocycles. The number of aliphatic hydroxyl groups is 1. The van der Waals surface area contributed by atoms with Crippen molar-refractivity contribution in [1.29, 1.82) is 0 Å². The Balaban J connectivity index is 1.26. The summed E-state index contributed by atoms with van der Waals surface area (Å²) in [6, 6.07) is 15.6. The molecule has 3 aromatic carbocycles. The van der Waals surface area contributed by atoms with Crippen molar-refractivity contribution >= 4 is 74.4 Å². The quantitative estimate of drug-likeness (QED) is 0.0956. The number of fused-ring (bicyclic) bond motifs is 2. The van der Waals surface area contributed by atoms with Gasteiger partial charge in [0.1, 0.15) is 11.4 Å². The van der Waals surface area contributed by atoms with E-state index in [1.165, 1.54) is 7.11 Å². The Morgan fingerprint density at radius 2 is 1.73 bits per heavy atom. The summed E-state index contributed by atoms with van der Waals surface area (Å²) in [7, 11) is 7.02. The highest BCUT2D eigenvalue weighted by molar-refractivity contribution is 7.98. The van der Waals surface area contributed by atoms with Gasteiger partial charge < -0.3 is 19.5 Å². The summed E-state index contributed by atoms with van der Waals surface area (Å²) in [5, 5.41) is 33.2. The molecule has 0 bridgehead atoms. The van der Waals surface area contributed by atoms with Crippen LogP contribution >= 0.6 is 46.7 Å². The molecule has 0 saturated heterocycles. The van der Waals surface area contributed by atoms with Crippen molar-refractivity contribution in [2.45, 2.75) is 41.9 Å². The van der Waals surface area contributed by atoms with Gasteiger partial charge in [-0.2, -0.15) is 10.2 Å². The first-order valence-corrected chi connectivity index (χ1v) is 18.6. The van der Waals surface area contributed by atoms with Crippen molar-refractivity contribution in [3.05, 3.63) is 92.6 Å². The molecule has 49 heavy (non-hydrogen) atoms. The number of methoxy groups -OCH3 is 1. The standard InChI is InChI=1S/C36H37Cl2N5O4S2/c1-20-31(33-28(38)16-27(37)32-26(11-8-12-44)34(36(46)47-5)41(2)35(32)33)29(40-42(20)3)19-48-17-22-14-23(43(4)39-22)18-49-24-13-21-9-6-7-10-25(21)30(45)15-24/h6-7,9-10,13-16,44-45H,8,11-12,17-19H2,1-5H3. The maximum absolute atomic E-state index is 13.0. The molecule has 256 valence electrons. The highest BCUT2D eigenvalue weighted by atomic mass is 35.5. The Hall–Kier alpha value is -3.61. The number of carbonyl (C=O) groups is 1. The van der Waals surface area contributed by atoms with Crippen molar-refractivity contribution in [2.24, 2.45) is 21.1 Å². The molecule has 3 heterocycles. The largest absolute Gasteiger partial charge is 0.507 e. The van der Waals surface area contributed by atoms with E-state index in [-0.39, 0.29) is 12.4 Å². The molecular weight excluding hydrogens is 701 g/mol. The van der Waals surface area contributed by atoms with E-state index in [1.807, 2.05) is 67.8 Å². The molecule has 0 unspecified atom stereocenters. The minimum absolute atomic E-state index is 0.0241. The number of nitrogens with zero attached hydrogens (tertiary/aromatic N) is 5. The van der Waals surface area contributed by atoms with Crippen LogP contribution in [0.25, 0.3) is 32.8 Å². The van der Waals surface area contributed by atoms with E-state index in [0.29, 0.717) is 45.8 Å². The topological polar surface area (TPSA) is 107 Å². The van der Waals surface area contributed by atoms with Gasteiger partial charge in [0.15, 0.2) is 0 Å². The maximum Gasteiger partial charge on any atom is 0.354 e. The third-order valence-electron chi connectivity index (χ3n) is 8.80. The van der Waals surface area contributed by atoms with Crippen molar-refractivity contribution in [3.8, 4) is 16.9 Å². The molecule has 6 aromatic rings. The molecule has 2 N–H and O–H groups in total. The first kappa shape index (κ1) is 35.2. The molecule has 3 aromatic heterocycles. The van der Waals surface area contributed by atoms with Gasteiger partial charge in [-0.1, -0.05) is 47.5 Å². The molecule has 0 aliphatic rings. The van der Waals surface area contributed by atoms with Gasteiger partial charge in [0.2, 0.25) is 0 Å². The minimum Gasteiger partial charge on any atom is -0.507 e. The molecule has 0 fully saturated rings. The molecule has 0 radical (unpaired) electrons. The van der Waals surface area contributed by atoms with Crippen LogP contribution in [0.2, 0.25) is 10.0 Å². The highest BCUT2D eigenvalue weighted by Gasteiger charge is 2.29. The van der Waals surface area contributed by atoms with Gasteiger partial charge in [-0.15, -0.1) is 23.5 Å². The SMILES string of the molecule is COC(=O)c1c(CCCO)c2c(Cl)cc(Cl)c(-c3c(CSCc4cc(CSc5cc(O)c6ccccc6c5)n(C)n4)nn(C)c3C)c2n1C. The summed E-state index contributed by atoms with van der Waals surface area (Å²) in [5.74, 6) is 1.79. The molecular formula is C36H37Cl2N5O4S2. The Morgan fingerprint density at radius 1 is 0.959 bits per heavy atom. The first-order chi connectivity index (χ1) is 23.5. The Labute approximate surface area is 303 Å². The molecule has 13 heteroatoms. The highest BCUT2D eigenvalue weighted by Crippen LogP contribution is 2.45. The van der Waals surface area contributed by atoms with E-state index < -0.39 is 5.97 Å². The zero-order valence-electron chi connectivity index (χ0n) is 27.9.